The van der Waals surface area contributed by atoms with Crippen molar-refractivity contribution in [3.8, 4) is 0 Å². The van der Waals surface area contributed by atoms with E-state index in [1.54, 1.807) is 0 Å². The van der Waals surface area contributed by atoms with Gasteiger partial charge in [0.15, 0.2) is 0 Å². The van der Waals surface area contributed by atoms with E-state index in [0.717, 1.165) is 0 Å². The second-order valence-corrected chi connectivity index (χ2v) is 1.08. The Balaban J connectivity index is -0.000000114. The SMILES string of the molecule is CC.NO.[Y].[c-]1ccccc1. The summed E-state index contributed by atoms with van der Waals surface area (Å²) in [6.45, 7) is 4.00. The maximum atomic E-state index is 6.50. The van der Waals surface area contributed by atoms with E-state index < -0.39 is 0 Å². The first-order valence-electron chi connectivity index (χ1n) is 3.17. The van der Waals surface area contributed by atoms with Crippen LogP contribution < -0.4 is 5.90 Å². The van der Waals surface area contributed by atoms with Gasteiger partial charge >= 0.3 is 0 Å². The Morgan fingerprint density at radius 3 is 1.45 bits per heavy atom. The summed E-state index contributed by atoms with van der Waals surface area (Å²) < 4.78 is 0. The fourth-order valence-corrected chi connectivity index (χ4v) is 0.342. The molecular weight excluding hydrogens is 215 g/mol. The van der Waals surface area contributed by atoms with Gasteiger partial charge in [0.25, 0.3) is 0 Å². The molecule has 0 unspecified atom stereocenters. The van der Waals surface area contributed by atoms with Crippen molar-refractivity contribution in [1.29, 1.82) is 0 Å². The number of hydrogen-bond donors (Lipinski definition) is 2. The predicted molar refractivity (Wildman–Crippen MR) is 42.6 cm³/mol. The summed E-state index contributed by atoms with van der Waals surface area (Å²) in [7, 11) is 0. The van der Waals surface area contributed by atoms with E-state index in [-0.39, 0.29) is 32.7 Å². The molecule has 0 aliphatic rings. The minimum absolute atomic E-state index is 0. The van der Waals surface area contributed by atoms with Crippen LogP contribution >= 0.6 is 0 Å². The van der Waals surface area contributed by atoms with E-state index >= 15 is 0 Å². The molecule has 1 aromatic rings. The minimum atomic E-state index is 0. The van der Waals surface area contributed by atoms with E-state index in [1.807, 2.05) is 44.2 Å². The molecule has 0 heterocycles. The van der Waals surface area contributed by atoms with Gasteiger partial charge < -0.3 is 5.21 Å². The van der Waals surface area contributed by atoms with Gasteiger partial charge in [-0.3, -0.25) is 0 Å². The molecule has 3 N–H and O–H groups in total. The Hall–Kier alpha value is 0.244. The summed E-state index contributed by atoms with van der Waals surface area (Å²) in [5, 5.41) is 6.50. The second-order valence-electron chi connectivity index (χ2n) is 1.08. The molecule has 0 spiro atoms. The van der Waals surface area contributed by atoms with E-state index in [9.17, 15) is 0 Å². The Labute approximate surface area is 93.6 Å². The van der Waals surface area contributed by atoms with Gasteiger partial charge in [0, 0.05) is 32.7 Å². The standard InChI is InChI=1S/C6H5.C2H6.H3NO.Y/c1-2-4-6-5-3-1;2*1-2;/h1-5H;1-2H3;2H,1H2;/q-1;;;. The van der Waals surface area contributed by atoms with Crippen LogP contribution in [-0.2, 0) is 32.7 Å². The third-order valence-electron chi connectivity index (χ3n) is 0.607. The van der Waals surface area contributed by atoms with Gasteiger partial charge in [-0.15, -0.1) is 0 Å². The second kappa shape index (κ2) is 22.5. The normalized spacial score (nSPS) is 5.45. The van der Waals surface area contributed by atoms with Crippen LogP contribution in [0.5, 0.6) is 0 Å². The van der Waals surface area contributed by atoms with E-state index in [1.165, 1.54) is 0 Å². The summed E-state index contributed by atoms with van der Waals surface area (Å²) >= 11 is 0. The fourth-order valence-electron chi connectivity index (χ4n) is 0.342. The van der Waals surface area contributed by atoms with Gasteiger partial charge in [0.1, 0.15) is 0 Å². The third-order valence-corrected chi connectivity index (χ3v) is 0.607. The first kappa shape index (κ1) is 17.4. The summed E-state index contributed by atoms with van der Waals surface area (Å²) in [5.41, 5.74) is 0. The molecule has 2 nitrogen and oxygen atoms in total. The van der Waals surface area contributed by atoms with Crippen LogP contribution in [0.3, 0.4) is 0 Å². The Morgan fingerprint density at radius 2 is 1.36 bits per heavy atom. The molecule has 0 atom stereocenters. The van der Waals surface area contributed by atoms with Crippen LogP contribution in [0.2, 0.25) is 0 Å². The van der Waals surface area contributed by atoms with E-state index in [0.29, 0.717) is 0 Å². The molecule has 1 radical (unpaired) electrons. The maximum absolute atomic E-state index is 6.50. The van der Waals surface area contributed by atoms with Crippen LogP contribution in [0.4, 0.5) is 0 Å². The molecule has 0 bridgehead atoms. The molecule has 1 aromatic carbocycles. The zero-order valence-electron chi connectivity index (χ0n) is 6.99. The summed E-state index contributed by atoms with van der Waals surface area (Å²) in [6, 6.07) is 12.5. The Kier molecular flexibility index (Phi) is 35.4. The quantitative estimate of drug-likeness (QED) is 0.526. The van der Waals surface area contributed by atoms with Crippen LogP contribution in [0.25, 0.3) is 0 Å². The molecule has 0 saturated heterocycles. The summed E-state index contributed by atoms with van der Waals surface area (Å²) in [4.78, 5) is 0. The molecular formula is C8H14NOY-. The average molecular weight is 229 g/mol. The number of hydrogen-bond acceptors (Lipinski definition) is 2. The molecule has 1 rings (SSSR count). The van der Waals surface area contributed by atoms with Crippen LogP contribution in [-0.4, -0.2) is 5.21 Å². The molecule has 0 amide bonds. The smallest absolute Gasteiger partial charge is 0 e. The van der Waals surface area contributed by atoms with Crippen LogP contribution in [0.15, 0.2) is 30.3 Å². The predicted octanol–water partition coefficient (Wildman–Crippen LogP) is 1.84. The fraction of sp³-hybridized carbons (Fsp3) is 0.250. The first-order chi connectivity index (χ1) is 5.00. The topological polar surface area (TPSA) is 46.2 Å². The van der Waals surface area contributed by atoms with Gasteiger partial charge in [-0.25, -0.2) is 5.90 Å². The molecule has 61 valence electrons. The van der Waals surface area contributed by atoms with Crippen LogP contribution in [0, 0.1) is 6.07 Å². The van der Waals surface area contributed by atoms with Crippen molar-refractivity contribution in [3.63, 3.8) is 0 Å². The Morgan fingerprint density at radius 1 is 1.00 bits per heavy atom. The van der Waals surface area contributed by atoms with Crippen molar-refractivity contribution in [1.82, 2.24) is 0 Å². The van der Waals surface area contributed by atoms with Gasteiger partial charge in [-0.05, 0) is 0 Å². The van der Waals surface area contributed by atoms with Crippen molar-refractivity contribution in [2.45, 2.75) is 13.8 Å². The van der Waals surface area contributed by atoms with Crippen molar-refractivity contribution in [3.05, 3.63) is 36.4 Å². The largest absolute Gasteiger partial charge is 0.320 e. The number of rotatable bonds is 0. The summed E-state index contributed by atoms with van der Waals surface area (Å²) in [5.74, 6) is 3.50. The van der Waals surface area contributed by atoms with E-state index in [4.69, 9.17) is 5.21 Å². The van der Waals surface area contributed by atoms with Gasteiger partial charge in [0.2, 0.25) is 0 Å². The third kappa shape index (κ3) is 17.9. The first-order valence-corrected chi connectivity index (χ1v) is 3.17. The van der Waals surface area contributed by atoms with Gasteiger partial charge in [-0.2, -0.15) is 36.4 Å². The molecule has 0 aromatic heterocycles. The monoisotopic (exact) mass is 229 g/mol. The summed E-state index contributed by atoms with van der Waals surface area (Å²) in [6.07, 6.45) is 0. The molecule has 0 saturated carbocycles. The van der Waals surface area contributed by atoms with Crippen molar-refractivity contribution >= 4 is 0 Å². The van der Waals surface area contributed by atoms with Crippen molar-refractivity contribution < 1.29 is 37.9 Å². The van der Waals surface area contributed by atoms with Crippen molar-refractivity contribution in [2.24, 2.45) is 5.90 Å². The molecule has 0 aliphatic heterocycles. The molecule has 0 aliphatic carbocycles. The zero-order valence-corrected chi connectivity index (χ0v) is 9.83. The number of nitrogens with two attached hydrogens (primary N) is 1. The van der Waals surface area contributed by atoms with E-state index in [2.05, 4.69) is 12.0 Å². The average Bonchev–Trinajstić information content (AvgIpc) is 2.14. The minimum Gasteiger partial charge on any atom is -0.320 e. The molecule has 11 heavy (non-hydrogen) atoms. The van der Waals surface area contributed by atoms with Crippen LogP contribution in [0.1, 0.15) is 13.8 Å². The maximum Gasteiger partial charge on any atom is 0 e. The molecule has 0 fully saturated rings. The number of benzene rings is 1. The molecule has 3 heteroatoms. The zero-order chi connectivity index (χ0) is 8.24. The van der Waals surface area contributed by atoms with Gasteiger partial charge in [0.05, 0.1) is 0 Å². The Bertz CT molecular complexity index is 86.0. The van der Waals surface area contributed by atoms with Gasteiger partial charge in [-0.1, -0.05) is 13.8 Å². The van der Waals surface area contributed by atoms with Crippen molar-refractivity contribution in [2.75, 3.05) is 0 Å².